The van der Waals surface area contributed by atoms with E-state index in [0.717, 1.165) is 18.4 Å². The van der Waals surface area contributed by atoms with Gasteiger partial charge in [-0.15, -0.1) is 0 Å². The molecule has 0 bridgehead atoms. The van der Waals surface area contributed by atoms with E-state index in [2.05, 4.69) is 20.3 Å². The van der Waals surface area contributed by atoms with Gasteiger partial charge in [0.2, 0.25) is 17.7 Å². The minimum absolute atomic E-state index is 0.119. The molecule has 0 aliphatic heterocycles. The molecule has 0 aliphatic carbocycles. The molecule has 3 rings (SSSR count). The largest absolute Gasteiger partial charge is 0.481 e. The van der Waals surface area contributed by atoms with Crippen molar-refractivity contribution in [3.63, 3.8) is 0 Å². The number of carbonyl (C=O) groups is 1. The Hall–Kier alpha value is -3.12. The van der Waals surface area contributed by atoms with E-state index in [-0.39, 0.29) is 27.9 Å². The Morgan fingerprint density at radius 2 is 1.83 bits per heavy atom. The number of imidazole rings is 1. The second-order valence-corrected chi connectivity index (χ2v) is 8.01. The summed E-state index contributed by atoms with van der Waals surface area (Å²) in [6, 6.07) is 3.80. The van der Waals surface area contributed by atoms with Crippen LogP contribution >= 0.6 is 11.6 Å². The molecule has 160 valence electrons. The standard InChI is InChI=1S/C17H19ClN6O5S/c1-4-5-10-6-7-11-19-14(18)15(24(11)9-10)30(26,27)23-17(25)22-16-20-12(28-2)8-13(21-16)29-3/h6-9H,4-5H2,1-3H3,(H2,20,21,22,23,25). The van der Waals surface area contributed by atoms with Crippen LogP contribution in [0.2, 0.25) is 5.15 Å². The fourth-order valence-electron chi connectivity index (χ4n) is 2.68. The third kappa shape index (κ3) is 4.54. The van der Waals surface area contributed by atoms with E-state index in [1.807, 2.05) is 17.7 Å². The van der Waals surface area contributed by atoms with Crippen LogP contribution in [0.1, 0.15) is 18.9 Å². The fourth-order valence-corrected chi connectivity index (χ4v) is 4.23. The number of sulfonamides is 1. The Balaban J connectivity index is 1.89. The van der Waals surface area contributed by atoms with Crippen LogP contribution in [0.15, 0.2) is 29.4 Å². The highest BCUT2D eigenvalue weighted by Crippen LogP contribution is 2.24. The highest BCUT2D eigenvalue weighted by Gasteiger charge is 2.27. The molecule has 0 fully saturated rings. The van der Waals surface area contributed by atoms with Gasteiger partial charge in [-0.05, 0) is 18.1 Å². The van der Waals surface area contributed by atoms with Gasteiger partial charge in [0.25, 0.3) is 10.0 Å². The lowest BCUT2D eigenvalue weighted by atomic mass is 10.2. The smallest absolute Gasteiger partial charge is 0.335 e. The molecule has 3 aromatic rings. The number of carbonyl (C=O) groups excluding carboxylic acids is 1. The summed E-state index contributed by atoms with van der Waals surface area (Å²) in [7, 11) is -1.63. The van der Waals surface area contributed by atoms with Gasteiger partial charge in [0.1, 0.15) is 5.65 Å². The number of urea groups is 1. The van der Waals surface area contributed by atoms with E-state index < -0.39 is 16.1 Å². The maximum atomic E-state index is 12.8. The maximum absolute atomic E-state index is 12.8. The maximum Gasteiger partial charge on any atom is 0.335 e. The molecule has 0 aromatic carbocycles. The number of amides is 2. The summed E-state index contributed by atoms with van der Waals surface area (Å²) >= 11 is 6.06. The summed E-state index contributed by atoms with van der Waals surface area (Å²) in [6.07, 6.45) is 3.25. The number of ether oxygens (including phenoxy) is 2. The van der Waals surface area contributed by atoms with E-state index in [1.54, 1.807) is 12.3 Å². The number of aromatic nitrogens is 4. The Kier molecular flexibility index (Phi) is 6.27. The van der Waals surface area contributed by atoms with Crippen molar-refractivity contribution >= 4 is 39.3 Å². The molecule has 0 spiro atoms. The Labute approximate surface area is 177 Å². The van der Waals surface area contributed by atoms with Crippen molar-refractivity contribution in [1.29, 1.82) is 0 Å². The molecule has 0 unspecified atom stereocenters. The predicted octanol–water partition coefficient (Wildman–Crippen LogP) is 2.26. The molecule has 13 heteroatoms. The molecular weight excluding hydrogens is 436 g/mol. The second-order valence-electron chi connectivity index (χ2n) is 6.06. The van der Waals surface area contributed by atoms with Gasteiger partial charge in [0.05, 0.1) is 20.3 Å². The molecule has 3 aromatic heterocycles. The van der Waals surface area contributed by atoms with Crippen molar-refractivity contribution in [2.75, 3.05) is 19.5 Å². The average Bonchev–Trinajstić information content (AvgIpc) is 3.03. The molecule has 30 heavy (non-hydrogen) atoms. The SMILES string of the molecule is CCCc1ccc2nc(Cl)c(S(=O)(=O)NC(=O)Nc3nc(OC)cc(OC)n3)n2c1. The second kappa shape index (κ2) is 8.71. The van der Waals surface area contributed by atoms with Crippen LogP contribution in [0.25, 0.3) is 5.65 Å². The molecule has 0 atom stereocenters. The number of halogens is 1. The summed E-state index contributed by atoms with van der Waals surface area (Å²) in [5.74, 6) is 0.0231. The van der Waals surface area contributed by atoms with Crippen LogP contribution in [-0.4, -0.2) is 48.0 Å². The highest BCUT2D eigenvalue weighted by molar-refractivity contribution is 7.90. The molecule has 0 saturated carbocycles. The molecule has 11 nitrogen and oxygen atoms in total. The zero-order chi connectivity index (χ0) is 21.9. The first kappa shape index (κ1) is 21.6. The number of aryl methyl sites for hydroxylation is 1. The number of nitrogens with zero attached hydrogens (tertiary/aromatic N) is 4. The van der Waals surface area contributed by atoms with Crippen molar-refractivity contribution in [2.24, 2.45) is 0 Å². The molecule has 2 amide bonds. The van der Waals surface area contributed by atoms with E-state index >= 15 is 0 Å². The predicted molar refractivity (Wildman–Crippen MR) is 109 cm³/mol. The number of nitrogens with one attached hydrogen (secondary N) is 2. The summed E-state index contributed by atoms with van der Waals surface area (Å²) < 4.78 is 38.8. The van der Waals surface area contributed by atoms with Crippen LogP contribution < -0.4 is 19.5 Å². The number of rotatable bonds is 7. The lowest BCUT2D eigenvalue weighted by Gasteiger charge is -2.10. The summed E-state index contributed by atoms with van der Waals surface area (Å²) in [6.45, 7) is 2.00. The third-order valence-corrected chi connectivity index (χ3v) is 5.67. The number of hydrogen-bond donors (Lipinski definition) is 2. The molecule has 0 aliphatic rings. The van der Waals surface area contributed by atoms with Crippen molar-refractivity contribution in [2.45, 2.75) is 24.8 Å². The lowest BCUT2D eigenvalue weighted by molar-refractivity contribution is 0.256. The van der Waals surface area contributed by atoms with Gasteiger partial charge >= 0.3 is 6.03 Å². The normalized spacial score (nSPS) is 11.3. The monoisotopic (exact) mass is 454 g/mol. The molecule has 3 heterocycles. The summed E-state index contributed by atoms with van der Waals surface area (Å²) in [5.41, 5.74) is 1.23. The van der Waals surface area contributed by atoms with Crippen LogP contribution in [0.4, 0.5) is 10.7 Å². The van der Waals surface area contributed by atoms with Gasteiger partial charge < -0.3 is 9.47 Å². The van der Waals surface area contributed by atoms with E-state index in [9.17, 15) is 13.2 Å². The quantitative estimate of drug-likeness (QED) is 0.554. The zero-order valence-corrected chi connectivity index (χ0v) is 17.9. The van der Waals surface area contributed by atoms with Crippen molar-refractivity contribution in [1.82, 2.24) is 24.1 Å². The van der Waals surface area contributed by atoms with Gasteiger partial charge in [-0.1, -0.05) is 31.0 Å². The first-order valence-electron chi connectivity index (χ1n) is 8.74. The van der Waals surface area contributed by atoms with Crippen LogP contribution in [0.5, 0.6) is 11.8 Å². The first-order valence-corrected chi connectivity index (χ1v) is 10.6. The van der Waals surface area contributed by atoms with E-state index in [1.165, 1.54) is 24.7 Å². The summed E-state index contributed by atoms with van der Waals surface area (Å²) in [5, 5.41) is 1.61. The molecule has 0 radical (unpaired) electrons. The summed E-state index contributed by atoms with van der Waals surface area (Å²) in [4.78, 5) is 24.2. The average molecular weight is 455 g/mol. The number of pyridine rings is 1. The Morgan fingerprint density at radius 1 is 1.17 bits per heavy atom. The van der Waals surface area contributed by atoms with E-state index in [0.29, 0.717) is 5.65 Å². The minimum Gasteiger partial charge on any atom is -0.481 e. The molecular formula is C17H19ClN6O5S. The van der Waals surface area contributed by atoms with Gasteiger partial charge in [-0.3, -0.25) is 9.72 Å². The zero-order valence-electron chi connectivity index (χ0n) is 16.3. The van der Waals surface area contributed by atoms with Gasteiger partial charge in [0, 0.05) is 6.20 Å². The lowest BCUT2D eigenvalue weighted by Crippen LogP contribution is -2.35. The van der Waals surface area contributed by atoms with Crippen molar-refractivity contribution in [3.05, 3.63) is 35.1 Å². The first-order chi connectivity index (χ1) is 14.3. The van der Waals surface area contributed by atoms with Gasteiger partial charge in [-0.25, -0.2) is 14.5 Å². The number of hydrogen-bond acceptors (Lipinski definition) is 8. The number of fused-ring (bicyclic) bond motifs is 1. The number of anilines is 1. The van der Waals surface area contributed by atoms with E-state index in [4.69, 9.17) is 21.1 Å². The van der Waals surface area contributed by atoms with Crippen molar-refractivity contribution in [3.8, 4) is 11.8 Å². The topological polar surface area (TPSA) is 137 Å². The van der Waals surface area contributed by atoms with Gasteiger partial charge in [-0.2, -0.15) is 18.4 Å². The molecule has 0 saturated heterocycles. The Bertz CT molecular complexity index is 1170. The fraction of sp³-hybridized carbons (Fsp3) is 0.294. The van der Waals surface area contributed by atoms with Crippen molar-refractivity contribution < 1.29 is 22.7 Å². The van der Waals surface area contributed by atoms with Crippen LogP contribution in [0, 0.1) is 0 Å². The van der Waals surface area contributed by atoms with Crippen LogP contribution in [-0.2, 0) is 16.4 Å². The third-order valence-electron chi connectivity index (χ3n) is 3.94. The van der Waals surface area contributed by atoms with Gasteiger partial charge in [0.15, 0.2) is 10.2 Å². The highest BCUT2D eigenvalue weighted by atomic mass is 35.5. The minimum atomic E-state index is -4.37. The molecule has 2 N–H and O–H groups in total. The Morgan fingerprint density at radius 3 is 2.43 bits per heavy atom. The number of methoxy groups -OCH3 is 2. The van der Waals surface area contributed by atoms with Crippen LogP contribution in [0.3, 0.4) is 0 Å².